The third-order valence-corrected chi connectivity index (χ3v) is 4.75. The molecule has 0 amide bonds. The Morgan fingerprint density at radius 3 is 2.40 bits per heavy atom. The van der Waals surface area contributed by atoms with Gasteiger partial charge in [0, 0.05) is 0 Å². The first-order valence-electron chi connectivity index (χ1n) is 5.92. The van der Waals surface area contributed by atoms with Crippen LogP contribution >= 0.6 is 0 Å². The first-order chi connectivity index (χ1) is 9.46. The Balaban J connectivity index is 2.67. The average molecular weight is 290 g/mol. The van der Waals surface area contributed by atoms with Crippen LogP contribution in [0.3, 0.4) is 0 Å². The van der Waals surface area contributed by atoms with Gasteiger partial charge in [0.1, 0.15) is 16.4 Å². The van der Waals surface area contributed by atoms with E-state index in [0.717, 1.165) is 0 Å². The van der Waals surface area contributed by atoms with Crippen molar-refractivity contribution in [1.82, 2.24) is 0 Å². The van der Waals surface area contributed by atoms with Gasteiger partial charge in [0.15, 0.2) is 0 Å². The Labute approximate surface area is 117 Å². The zero-order chi connectivity index (χ0) is 14.8. The summed E-state index contributed by atoms with van der Waals surface area (Å²) in [6.07, 6.45) is 1.86. The zero-order valence-electron chi connectivity index (χ0n) is 10.7. The molecule has 0 spiro atoms. The Kier molecular flexibility index (Phi) is 3.81. The molecular weight excluding hydrogens is 276 g/mol. The zero-order valence-corrected chi connectivity index (χ0v) is 11.5. The molecule has 5 heteroatoms. The molecule has 0 unspecified atom stereocenters. The highest BCUT2D eigenvalue weighted by molar-refractivity contribution is 7.91. The van der Waals surface area contributed by atoms with Crippen molar-refractivity contribution in [2.75, 3.05) is 0 Å². The van der Waals surface area contributed by atoms with Crippen molar-refractivity contribution in [3.8, 4) is 11.5 Å². The monoisotopic (exact) mass is 290 g/mol. The molecule has 2 aromatic carbocycles. The molecule has 2 aromatic rings. The fourth-order valence-corrected chi connectivity index (χ4v) is 3.52. The molecule has 20 heavy (non-hydrogen) atoms. The van der Waals surface area contributed by atoms with Crippen molar-refractivity contribution >= 4 is 9.84 Å². The molecule has 2 rings (SSSR count). The minimum Gasteiger partial charge on any atom is -0.508 e. The van der Waals surface area contributed by atoms with Gasteiger partial charge in [-0.05, 0) is 42.3 Å². The maximum absolute atomic E-state index is 12.6. The molecule has 0 saturated carbocycles. The topological polar surface area (TPSA) is 74.6 Å². The summed E-state index contributed by atoms with van der Waals surface area (Å²) in [5.74, 6) is -0.316. The smallest absolute Gasteiger partial charge is 0.210 e. The molecule has 0 radical (unpaired) electrons. The minimum absolute atomic E-state index is 0.0157. The van der Waals surface area contributed by atoms with Gasteiger partial charge in [0.2, 0.25) is 9.84 Å². The Hall–Kier alpha value is -2.27. The van der Waals surface area contributed by atoms with Gasteiger partial charge in [-0.25, -0.2) is 8.42 Å². The van der Waals surface area contributed by atoms with Gasteiger partial charge >= 0.3 is 0 Å². The summed E-state index contributed by atoms with van der Waals surface area (Å²) < 4.78 is 25.2. The summed E-state index contributed by atoms with van der Waals surface area (Å²) in [7, 11) is -3.85. The third-order valence-electron chi connectivity index (χ3n) is 2.85. The highest BCUT2D eigenvalue weighted by atomic mass is 32.2. The Morgan fingerprint density at radius 2 is 1.75 bits per heavy atom. The summed E-state index contributed by atoms with van der Waals surface area (Å²) in [6, 6.07) is 9.77. The summed E-state index contributed by atoms with van der Waals surface area (Å²) >= 11 is 0. The van der Waals surface area contributed by atoms with Crippen molar-refractivity contribution in [1.29, 1.82) is 0 Å². The predicted octanol–water partition coefficient (Wildman–Crippen LogP) is 2.66. The largest absolute Gasteiger partial charge is 0.508 e. The second kappa shape index (κ2) is 5.38. The number of phenols is 2. The number of hydrogen-bond acceptors (Lipinski definition) is 4. The van der Waals surface area contributed by atoms with Crippen molar-refractivity contribution in [3.63, 3.8) is 0 Å². The van der Waals surface area contributed by atoms with Crippen LogP contribution in [0.1, 0.15) is 5.56 Å². The molecule has 0 aliphatic rings. The highest BCUT2D eigenvalue weighted by Crippen LogP contribution is 2.31. The van der Waals surface area contributed by atoms with E-state index >= 15 is 0 Å². The molecule has 0 fully saturated rings. The number of hydrogen-bond donors (Lipinski definition) is 2. The van der Waals surface area contributed by atoms with Gasteiger partial charge in [0.25, 0.3) is 0 Å². The van der Waals surface area contributed by atoms with Crippen LogP contribution in [-0.4, -0.2) is 18.6 Å². The summed E-state index contributed by atoms with van der Waals surface area (Å²) in [5, 5.41) is 19.2. The van der Waals surface area contributed by atoms with E-state index in [9.17, 15) is 18.6 Å². The van der Waals surface area contributed by atoms with Crippen LogP contribution in [0, 0.1) is 0 Å². The molecule has 4 nitrogen and oxygen atoms in total. The molecule has 0 aliphatic heterocycles. The predicted molar refractivity (Wildman–Crippen MR) is 75.6 cm³/mol. The van der Waals surface area contributed by atoms with Crippen molar-refractivity contribution in [2.24, 2.45) is 0 Å². The fraction of sp³-hybridized carbons (Fsp3) is 0.0667. The number of aromatic hydroxyl groups is 2. The molecule has 0 bridgehead atoms. The second-order valence-corrected chi connectivity index (χ2v) is 6.14. The SMILES string of the molecule is C=CCc1cc(O)ccc1S(=O)(=O)c1ccccc1O. The average Bonchev–Trinajstić information content (AvgIpc) is 2.39. The first kappa shape index (κ1) is 14.1. The lowest BCUT2D eigenvalue weighted by molar-refractivity contribution is 0.458. The van der Waals surface area contributed by atoms with Gasteiger partial charge in [-0.15, -0.1) is 6.58 Å². The van der Waals surface area contributed by atoms with Crippen molar-refractivity contribution in [3.05, 3.63) is 60.7 Å². The fourth-order valence-electron chi connectivity index (χ4n) is 1.95. The molecule has 0 saturated heterocycles. The standard InChI is InChI=1S/C15H14O4S/c1-2-5-11-10-12(16)8-9-14(11)20(18,19)15-7-4-3-6-13(15)17/h2-4,6-10,16-17H,1,5H2. The summed E-state index contributed by atoms with van der Waals surface area (Å²) in [4.78, 5) is -0.104. The van der Waals surface area contributed by atoms with Crippen LogP contribution in [0.2, 0.25) is 0 Å². The van der Waals surface area contributed by atoms with E-state index in [0.29, 0.717) is 12.0 Å². The van der Waals surface area contributed by atoms with E-state index in [2.05, 4.69) is 6.58 Å². The van der Waals surface area contributed by atoms with Crippen LogP contribution in [-0.2, 0) is 16.3 Å². The molecule has 0 aliphatic carbocycles. The third kappa shape index (κ3) is 2.53. The van der Waals surface area contributed by atoms with Crippen LogP contribution in [0.4, 0.5) is 0 Å². The molecular formula is C15H14O4S. The summed E-state index contributed by atoms with van der Waals surface area (Å²) in [6.45, 7) is 3.57. The summed E-state index contributed by atoms with van der Waals surface area (Å²) in [5.41, 5.74) is 0.434. The van der Waals surface area contributed by atoms with Gasteiger partial charge in [-0.1, -0.05) is 18.2 Å². The van der Waals surface area contributed by atoms with Crippen molar-refractivity contribution in [2.45, 2.75) is 16.2 Å². The molecule has 0 atom stereocenters. The minimum atomic E-state index is -3.85. The lowest BCUT2D eigenvalue weighted by atomic mass is 10.1. The Bertz CT molecular complexity index is 748. The van der Waals surface area contributed by atoms with Gasteiger partial charge in [-0.3, -0.25) is 0 Å². The van der Waals surface area contributed by atoms with Crippen LogP contribution in [0.15, 0.2) is 64.9 Å². The van der Waals surface area contributed by atoms with E-state index in [1.807, 2.05) is 0 Å². The van der Waals surface area contributed by atoms with E-state index in [4.69, 9.17) is 0 Å². The van der Waals surface area contributed by atoms with E-state index in [-0.39, 0.29) is 21.3 Å². The number of para-hydroxylation sites is 1. The van der Waals surface area contributed by atoms with Crippen LogP contribution < -0.4 is 0 Å². The first-order valence-corrected chi connectivity index (χ1v) is 7.41. The van der Waals surface area contributed by atoms with Crippen LogP contribution in [0.25, 0.3) is 0 Å². The number of allylic oxidation sites excluding steroid dienone is 1. The van der Waals surface area contributed by atoms with E-state index in [1.54, 1.807) is 18.2 Å². The van der Waals surface area contributed by atoms with Gasteiger partial charge in [-0.2, -0.15) is 0 Å². The number of sulfone groups is 1. The lowest BCUT2D eigenvalue weighted by Crippen LogP contribution is -2.05. The number of benzene rings is 2. The van der Waals surface area contributed by atoms with Gasteiger partial charge < -0.3 is 10.2 Å². The van der Waals surface area contributed by atoms with E-state index in [1.165, 1.54) is 30.3 Å². The number of phenolic OH excluding ortho intramolecular Hbond substituents is 2. The maximum atomic E-state index is 12.6. The van der Waals surface area contributed by atoms with Crippen LogP contribution in [0.5, 0.6) is 11.5 Å². The molecule has 0 aromatic heterocycles. The van der Waals surface area contributed by atoms with E-state index < -0.39 is 9.84 Å². The second-order valence-electron chi connectivity index (χ2n) is 4.26. The molecule has 2 N–H and O–H groups in total. The Morgan fingerprint density at radius 1 is 1.05 bits per heavy atom. The quantitative estimate of drug-likeness (QED) is 0.849. The number of rotatable bonds is 4. The maximum Gasteiger partial charge on any atom is 0.210 e. The normalized spacial score (nSPS) is 11.2. The highest BCUT2D eigenvalue weighted by Gasteiger charge is 2.23. The molecule has 0 heterocycles. The van der Waals surface area contributed by atoms with Gasteiger partial charge in [0.05, 0.1) is 4.90 Å². The van der Waals surface area contributed by atoms with Crippen molar-refractivity contribution < 1.29 is 18.6 Å². The molecule has 104 valence electrons. The lowest BCUT2D eigenvalue weighted by Gasteiger charge is -2.11.